The molecule has 1 saturated carbocycles. The second-order valence-corrected chi connectivity index (χ2v) is 16.6. The van der Waals surface area contributed by atoms with Crippen LogP contribution in [0.2, 0.25) is 5.02 Å². The Kier molecular flexibility index (Phi) is 9.32. The molecule has 9 nitrogen and oxygen atoms in total. The Bertz CT molecular complexity index is 1550. The van der Waals surface area contributed by atoms with Gasteiger partial charge in [0.1, 0.15) is 27.8 Å². The fraction of sp³-hybridized carbons (Fsp3) is 0.629. The fourth-order valence-corrected chi connectivity index (χ4v) is 10.9. The number of hydrogen-bond donors (Lipinski definition) is 2. The quantitative estimate of drug-likeness (QED) is 0.408. The molecule has 0 bridgehead atoms. The van der Waals surface area contributed by atoms with E-state index in [4.69, 9.17) is 23.2 Å². The summed E-state index contributed by atoms with van der Waals surface area (Å²) in [4.78, 5) is 49.6. The van der Waals surface area contributed by atoms with E-state index >= 15 is 0 Å². The number of piperazine rings is 1. The van der Waals surface area contributed by atoms with E-state index in [1.54, 1.807) is 24.8 Å². The largest absolute Gasteiger partial charge is 0.372 e. The molecule has 6 unspecified atom stereocenters. The molecule has 7 rings (SSSR count). The highest BCUT2D eigenvalue weighted by atomic mass is 35.5. The molecule has 4 saturated heterocycles. The lowest BCUT2D eigenvalue weighted by molar-refractivity contribution is -0.150. The lowest BCUT2D eigenvalue weighted by Crippen LogP contribution is -2.61. The number of hydrogen-bond acceptors (Lipinski definition) is 7. The van der Waals surface area contributed by atoms with Crippen molar-refractivity contribution in [3.8, 4) is 0 Å². The SMILES string of the molecule is CC[C@@H]1CCC(C(=O)N2CCN(C(C)=O)C3(CC3)C2)N1C(=O)C1SC2NC(C3=CC=C(Cl)NC3)C(c3ccc(Cl)c(F)c3)N2C1C(C)C. The van der Waals surface area contributed by atoms with Crippen molar-refractivity contribution in [2.75, 3.05) is 26.2 Å². The topological polar surface area (TPSA) is 88.2 Å². The molecule has 0 radical (unpaired) electrons. The van der Waals surface area contributed by atoms with Crippen LogP contribution in [0.15, 0.2) is 41.1 Å². The highest BCUT2D eigenvalue weighted by Crippen LogP contribution is 2.51. The maximum Gasteiger partial charge on any atom is 0.245 e. The second kappa shape index (κ2) is 13.1. The zero-order valence-electron chi connectivity index (χ0n) is 27.9. The number of halogens is 3. The van der Waals surface area contributed by atoms with Crippen molar-refractivity contribution in [1.29, 1.82) is 0 Å². The summed E-state index contributed by atoms with van der Waals surface area (Å²) in [6, 6.07) is 3.89. The first kappa shape index (κ1) is 34.2. The Morgan fingerprint density at radius 3 is 2.50 bits per heavy atom. The zero-order valence-corrected chi connectivity index (χ0v) is 30.3. The van der Waals surface area contributed by atoms with Gasteiger partial charge in [0.25, 0.3) is 0 Å². The smallest absolute Gasteiger partial charge is 0.245 e. The molecule has 0 aromatic heterocycles. The van der Waals surface area contributed by atoms with Crippen LogP contribution in [-0.2, 0) is 14.4 Å². The van der Waals surface area contributed by atoms with E-state index in [0.29, 0.717) is 37.8 Å². The van der Waals surface area contributed by atoms with Crippen LogP contribution < -0.4 is 10.6 Å². The van der Waals surface area contributed by atoms with Gasteiger partial charge < -0.3 is 20.0 Å². The molecule has 260 valence electrons. The molecule has 13 heteroatoms. The second-order valence-electron chi connectivity index (χ2n) is 14.5. The third kappa shape index (κ3) is 5.85. The van der Waals surface area contributed by atoms with E-state index in [9.17, 15) is 18.8 Å². The zero-order chi connectivity index (χ0) is 34.1. The highest BCUT2D eigenvalue weighted by molar-refractivity contribution is 8.01. The summed E-state index contributed by atoms with van der Waals surface area (Å²) < 4.78 is 15.0. The molecular weight excluding hydrogens is 674 g/mol. The van der Waals surface area contributed by atoms with E-state index in [1.165, 1.54) is 6.07 Å². The number of dihydropyridines is 1. The van der Waals surface area contributed by atoms with Crippen LogP contribution in [0.25, 0.3) is 0 Å². The average Bonchev–Trinajstić information content (AvgIpc) is 3.38. The molecule has 5 heterocycles. The number of nitrogens with zero attached hydrogens (tertiary/aromatic N) is 4. The van der Waals surface area contributed by atoms with Gasteiger partial charge in [0.15, 0.2) is 0 Å². The fourth-order valence-electron chi connectivity index (χ4n) is 8.89. The highest BCUT2D eigenvalue weighted by Gasteiger charge is 2.59. The van der Waals surface area contributed by atoms with Crippen molar-refractivity contribution in [2.24, 2.45) is 5.92 Å². The molecule has 2 N–H and O–H groups in total. The maximum absolute atomic E-state index is 15.0. The normalized spacial score (nSPS) is 32.8. The van der Waals surface area contributed by atoms with Crippen molar-refractivity contribution in [3.05, 3.63) is 57.5 Å². The molecule has 1 spiro atoms. The van der Waals surface area contributed by atoms with Gasteiger partial charge in [0.05, 0.1) is 22.6 Å². The molecule has 5 aliphatic heterocycles. The number of rotatable bonds is 6. The Morgan fingerprint density at radius 1 is 1.10 bits per heavy atom. The number of nitrogens with one attached hydrogen (secondary N) is 2. The lowest BCUT2D eigenvalue weighted by atomic mass is 9.89. The molecule has 48 heavy (non-hydrogen) atoms. The Balaban J connectivity index is 1.18. The number of carbonyl (C=O) groups is 3. The number of amides is 3. The van der Waals surface area contributed by atoms with E-state index in [2.05, 4.69) is 36.3 Å². The van der Waals surface area contributed by atoms with Gasteiger partial charge in [-0.15, -0.1) is 11.8 Å². The van der Waals surface area contributed by atoms with Gasteiger partial charge in [0.2, 0.25) is 17.7 Å². The van der Waals surface area contributed by atoms with Gasteiger partial charge in [-0.05, 0) is 67.4 Å². The monoisotopic (exact) mass is 718 g/mol. The summed E-state index contributed by atoms with van der Waals surface area (Å²) in [5.41, 5.74) is 1.44. The number of likely N-dealkylation sites (tertiary alicyclic amines) is 1. The van der Waals surface area contributed by atoms with Crippen molar-refractivity contribution < 1.29 is 18.8 Å². The van der Waals surface area contributed by atoms with Crippen LogP contribution in [0.3, 0.4) is 0 Å². The molecule has 7 atom stereocenters. The van der Waals surface area contributed by atoms with Gasteiger partial charge in [-0.3, -0.25) is 24.6 Å². The van der Waals surface area contributed by atoms with E-state index in [-0.39, 0.29) is 63.9 Å². The first-order valence-corrected chi connectivity index (χ1v) is 19.0. The van der Waals surface area contributed by atoms with E-state index in [0.717, 1.165) is 36.8 Å². The summed E-state index contributed by atoms with van der Waals surface area (Å²) in [5, 5.41) is 7.24. The maximum atomic E-state index is 15.0. The number of benzene rings is 1. The van der Waals surface area contributed by atoms with E-state index < -0.39 is 17.1 Å². The summed E-state index contributed by atoms with van der Waals surface area (Å²) >= 11 is 14.0. The number of allylic oxidation sites excluding steroid dienone is 2. The minimum Gasteiger partial charge on any atom is -0.372 e. The van der Waals surface area contributed by atoms with Crippen molar-refractivity contribution >= 4 is 52.7 Å². The van der Waals surface area contributed by atoms with Crippen molar-refractivity contribution in [3.63, 3.8) is 0 Å². The van der Waals surface area contributed by atoms with Crippen LogP contribution in [0.5, 0.6) is 0 Å². The molecule has 1 aromatic rings. The molecule has 1 aromatic carbocycles. The Morgan fingerprint density at radius 2 is 1.88 bits per heavy atom. The van der Waals surface area contributed by atoms with Crippen molar-refractivity contribution in [2.45, 2.75) is 106 Å². The lowest BCUT2D eigenvalue weighted by Gasteiger charge is -2.44. The molecule has 1 aliphatic carbocycles. The van der Waals surface area contributed by atoms with Crippen LogP contribution in [0.4, 0.5) is 4.39 Å². The minimum absolute atomic E-state index is 0.00644. The van der Waals surface area contributed by atoms with Gasteiger partial charge in [-0.2, -0.15) is 0 Å². The predicted molar refractivity (Wildman–Crippen MR) is 187 cm³/mol. The van der Waals surface area contributed by atoms with Crippen LogP contribution >= 0.6 is 35.0 Å². The molecule has 3 amide bonds. The summed E-state index contributed by atoms with van der Waals surface area (Å²) in [6.45, 7) is 10.1. The van der Waals surface area contributed by atoms with Crippen molar-refractivity contribution in [1.82, 2.24) is 30.2 Å². The van der Waals surface area contributed by atoms with Gasteiger partial charge in [0, 0.05) is 45.2 Å². The summed E-state index contributed by atoms with van der Waals surface area (Å²) in [7, 11) is 0. The Hall–Kier alpha value is -2.31. The van der Waals surface area contributed by atoms with Gasteiger partial charge in [-0.25, -0.2) is 4.39 Å². The first-order chi connectivity index (χ1) is 22.9. The van der Waals surface area contributed by atoms with Gasteiger partial charge >= 0.3 is 0 Å². The molecule has 6 aliphatic rings. The number of fused-ring (bicyclic) bond motifs is 1. The minimum atomic E-state index is -0.511. The third-order valence-corrected chi connectivity index (χ3v) is 13.3. The summed E-state index contributed by atoms with van der Waals surface area (Å²) in [5.74, 6) is -0.303. The first-order valence-electron chi connectivity index (χ1n) is 17.3. The van der Waals surface area contributed by atoms with Crippen LogP contribution in [-0.4, -0.2) is 104 Å². The molecular formula is C35H45Cl2FN6O3S. The van der Waals surface area contributed by atoms with Crippen LogP contribution in [0, 0.1) is 11.7 Å². The molecule has 5 fully saturated rings. The third-order valence-electron chi connectivity index (χ3n) is 11.4. The predicted octanol–water partition coefficient (Wildman–Crippen LogP) is 4.82. The standard InChI is InChI=1S/C35H45Cl2FN6O3S/c1-5-23-8-10-26(32(46)41-14-15-42(20(4)45)35(18-41)12-13-35)43(23)33(47)31-29(19(2)3)44-30(21-6-9-24(36)25(38)16-21)28(40-34(44)48-31)22-7-11-27(37)39-17-22/h6-7,9,11,16,19,23,26,28-31,34,39-40H,5,8,10,12-15,17-18H2,1-4H3/t23-,26?,28?,29?,30?,31?,34?/m1/s1. The number of thioether (sulfide) groups is 1. The summed E-state index contributed by atoms with van der Waals surface area (Å²) in [6.07, 6.45) is 7.89. The van der Waals surface area contributed by atoms with Gasteiger partial charge in [-0.1, -0.05) is 56.1 Å². The van der Waals surface area contributed by atoms with Crippen LogP contribution in [0.1, 0.15) is 71.4 Å². The Labute approximate surface area is 296 Å². The van der Waals surface area contributed by atoms with E-state index in [1.807, 2.05) is 32.9 Å². The number of carbonyl (C=O) groups excluding carboxylic acids is 3. The average molecular weight is 720 g/mol.